The van der Waals surface area contributed by atoms with Crippen molar-refractivity contribution in [3.05, 3.63) is 0 Å². The molecule has 0 aromatic heterocycles. The van der Waals surface area contributed by atoms with Gasteiger partial charge in [-0.05, 0) is 12.8 Å². The smallest absolute Gasteiger partial charge is 0.234 e. The Balaban J connectivity index is 2.55. The van der Waals surface area contributed by atoms with Crippen molar-refractivity contribution in [2.45, 2.75) is 25.7 Å². The lowest BCUT2D eigenvalue weighted by molar-refractivity contribution is -0.127. The summed E-state index contributed by atoms with van der Waals surface area (Å²) in [5.41, 5.74) is 4.66. The molecule has 110 valence electrons. The fourth-order valence-electron chi connectivity index (χ4n) is 2.26. The van der Waals surface area contributed by atoms with Crippen molar-refractivity contribution in [2.75, 3.05) is 19.3 Å². The minimum atomic E-state index is -3.27. The minimum absolute atomic E-state index is 0.0847. The van der Waals surface area contributed by atoms with Gasteiger partial charge in [0.2, 0.25) is 15.9 Å². The number of rotatable bonds is 6. The number of sulfonamides is 1. The van der Waals surface area contributed by atoms with Crippen LogP contribution in [0.1, 0.15) is 25.7 Å². The topological polar surface area (TPSA) is 134 Å². The highest BCUT2D eigenvalue weighted by atomic mass is 32.2. The van der Waals surface area contributed by atoms with E-state index in [0.717, 1.165) is 19.1 Å². The van der Waals surface area contributed by atoms with E-state index in [1.807, 2.05) is 0 Å². The molecule has 19 heavy (non-hydrogen) atoms. The van der Waals surface area contributed by atoms with E-state index in [9.17, 15) is 13.2 Å². The molecule has 1 aliphatic rings. The summed E-state index contributed by atoms with van der Waals surface area (Å²) >= 11 is 0. The van der Waals surface area contributed by atoms with Gasteiger partial charge in [0.05, 0.1) is 6.26 Å². The summed E-state index contributed by atoms with van der Waals surface area (Å²) in [6, 6.07) is 0. The molecule has 1 rings (SSSR count). The van der Waals surface area contributed by atoms with Gasteiger partial charge in [0.25, 0.3) is 0 Å². The number of hydrogen-bond acceptors (Lipinski definition) is 5. The quantitative estimate of drug-likeness (QED) is 0.163. The molecule has 0 unspecified atom stereocenters. The molecular formula is C10H20N4O4S. The molecule has 0 aromatic rings. The van der Waals surface area contributed by atoms with Crippen LogP contribution in [-0.4, -0.2) is 44.7 Å². The molecule has 1 aliphatic carbocycles. The number of amidine groups is 1. The molecule has 0 aliphatic heterocycles. The Bertz CT molecular complexity index is 454. The molecule has 1 amide bonds. The van der Waals surface area contributed by atoms with Crippen molar-refractivity contribution >= 4 is 21.8 Å². The Hall–Kier alpha value is -1.35. The molecule has 8 nitrogen and oxygen atoms in total. The summed E-state index contributed by atoms with van der Waals surface area (Å²) in [4.78, 5) is 12.1. The van der Waals surface area contributed by atoms with E-state index in [0.29, 0.717) is 12.8 Å². The van der Waals surface area contributed by atoms with Crippen LogP contribution in [0.3, 0.4) is 0 Å². The van der Waals surface area contributed by atoms with Crippen molar-refractivity contribution in [1.82, 2.24) is 10.0 Å². The summed E-state index contributed by atoms with van der Waals surface area (Å²) in [7, 11) is -3.27. The van der Waals surface area contributed by atoms with E-state index in [-0.39, 0.29) is 24.8 Å². The van der Waals surface area contributed by atoms with Gasteiger partial charge >= 0.3 is 0 Å². The monoisotopic (exact) mass is 292 g/mol. The van der Waals surface area contributed by atoms with Crippen LogP contribution in [-0.2, 0) is 14.8 Å². The van der Waals surface area contributed by atoms with Crippen LogP contribution in [0.25, 0.3) is 0 Å². The summed E-state index contributed by atoms with van der Waals surface area (Å²) in [6.07, 6.45) is 3.79. The maximum absolute atomic E-state index is 12.1. The average Bonchev–Trinajstić information content (AvgIpc) is 2.82. The highest BCUT2D eigenvalue weighted by Gasteiger charge is 2.45. The van der Waals surface area contributed by atoms with E-state index in [1.165, 1.54) is 0 Å². The molecule has 0 atom stereocenters. The lowest BCUT2D eigenvalue weighted by Crippen LogP contribution is -2.49. The second-order valence-corrected chi connectivity index (χ2v) is 6.53. The van der Waals surface area contributed by atoms with Gasteiger partial charge < -0.3 is 16.3 Å². The molecule has 0 radical (unpaired) electrons. The van der Waals surface area contributed by atoms with E-state index in [4.69, 9.17) is 10.9 Å². The van der Waals surface area contributed by atoms with Crippen LogP contribution >= 0.6 is 0 Å². The van der Waals surface area contributed by atoms with Gasteiger partial charge in [-0.25, -0.2) is 13.1 Å². The number of carbonyl (C=O) groups is 1. The van der Waals surface area contributed by atoms with Crippen LogP contribution < -0.4 is 15.8 Å². The maximum atomic E-state index is 12.1. The largest absolute Gasteiger partial charge is 0.409 e. The number of amides is 1. The molecular weight excluding hydrogens is 272 g/mol. The molecule has 0 spiro atoms. The predicted octanol–water partition coefficient (Wildman–Crippen LogP) is -1.04. The third kappa shape index (κ3) is 4.06. The summed E-state index contributed by atoms with van der Waals surface area (Å²) in [5.74, 6) is -0.408. The summed E-state index contributed by atoms with van der Waals surface area (Å²) in [5, 5.41) is 14.3. The van der Waals surface area contributed by atoms with Gasteiger partial charge in [0.1, 0.15) is 5.41 Å². The Morgan fingerprint density at radius 2 is 1.95 bits per heavy atom. The second kappa shape index (κ2) is 6.20. The Morgan fingerprint density at radius 1 is 1.37 bits per heavy atom. The first-order valence-corrected chi connectivity index (χ1v) is 7.92. The predicted molar refractivity (Wildman–Crippen MR) is 70.2 cm³/mol. The zero-order valence-corrected chi connectivity index (χ0v) is 11.7. The van der Waals surface area contributed by atoms with Gasteiger partial charge in [-0.3, -0.25) is 4.79 Å². The van der Waals surface area contributed by atoms with Crippen LogP contribution in [0.2, 0.25) is 0 Å². The third-order valence-corrected chi connectivity index (χ3v) is 3.99. The van der Waals surface area contributed by atoms with Gasteiger partial charge in [-0.15, -0.1) is 0 Å². The zero-order chi connectivity index (χ0) is 14.5. The lowest BCUT2D eigenvalue weighted by Gasteiger charge is -2.25. The van der Waals surface area contributed by atoms with Crippen LogP contribution in [0.4, 0.5) is 0 Å². The first kappa shape index (κ1) is 15.7. The Morgan fingerprint density at radius 3 is 2.42 bits per heavy atom. The highest BCUT2D eigenvalue weighted by Crippen LogP contribution is 2.38. The van der Waals surface area contributed by atoms with Gasteiger partial charge in [0.15, 0.2) is 5.84 Å². The van der Waals surface area contributed by atoms with E-state index < -0.39 is 15.4 Å². The fourth-order valence-corrected chi connectivity index (χ4v) is 2.73. The van der Waals surface area contributed by atoms with Gasteiger partial charge in [-0.1, -0.05) is 18.0 Å². The van der Waals surface area contributed by atoms with Crippen molar-refractivity contribution in [3.63, 3.8) is 0 Å². The summed E-state index contributed by atoms with van der Waals surface area (Å²) in [6.45, 7) is 0.267. The third-order valence-electron chi connectivity index (χ3n) is 3.26. The average molecular weight is 292 g/mol. The van der Waals surface area contributed by atoms with Crippen molar-refractivity contribution < 1.29 is 18.4 Å². The van der Waals surface area contributed by atoms with Gasteiger partial charge in [0, 0.05) is 13.1 Å². The SMILES string of the molecule is CS(=O)(=O)NCCNC(=O)C1(C(N)=NO)CCCC1. The molecule has 9 heteroatoms. The standard InChI is InChI=1S/C10H20N4O4S/c1-19(17,18)13-7-6-12-9(15)10(8(11)14-16)4-2-3-5-10/h13,16H,2-7H2,1H3,(H2,11,14)(H,12,15). The molecule has 5 N–H and O–H groups in total. The van der Waals surface area contributed by atoms with Crippen LogP contribution in [0.5, 0.6) is 0 Å². The number of hydrogen-bond donors (Lipinski definition) is 4. The number of nitrogens with two attached hydrogens (primary N) is 1. The number of nitrogens with zero attached hydrogens (tertiary/aromatic N) is 1. The lowest BCUT2D eigenvalue weighted by atomic mass is 9.84. The van der Waals surface area contributed by atoms with E-state index >= 15 is 0 Å². The Labute approximate surface area is 112 Å². The van der Waals surface area contributed by atoms with E-state index in [2.05, 4.69) is 15.2 Å². The van der Waals surface area contributed by atoms with Gasteiger partial charge in [-0.2, -0.15) is 0 Å². The molecule has 0 saturated heterocycles. The molecule has 1 saturated carbocycles. The molecule has 0 aromatic carbocycles. The van der Waals surface area contributed by atoms with E-state index in [1.54, 1.807) is 0 Å². The minimum Gasteiger partial charge on any atom is -0.409 e. The molecule has 0 heterocycles. The first-order valence-electron chi connectivity index (χ1n) is 6.03. The van der Waals surface area contributed by atoms with Crippen LogP contribution in [0, 0.1) is 5.41 Å². The zero-order valence-electron chi connectivity index (χ0n) is 10.8. The van der Waals surface area contributed by atoms with Crippen LogP contribution in [0.15, 0.2) is 5.16 Å². The molecule has 1 fully saturated rings. The molecule has 0 bridgehead atoms. The second-order valence-electron chi connectivity index (χ2n) is 4.70. The fraction of sp³-hybridized carbons (Fsp3) is 0.800. The first-order chi connectivity index (χ1) is 8.82. The Kier molecular flexibility index (Phi) is 5.12. The number of oxime groups is 1. The number of carbonyl (C=O) groups excluding carboxylic acids is 1. The normalized spacial score (nSPS) is 19.3. The number of nitrogens with one attached hydrogen (secondary N) is 2. The van der Waals surface area contributed by atoms with Crippen molar-refractivity contribution in [3.8, 4) is 0 Å². The maximum Gasteiger partial charge on any atom is 0.234 e. The highest BCUT2D eigenvalue weighted by molar-refractivity contribution is 7.88. The van der Waals surface area contributed by atoms with Crippen molar-refractivity contribution in [1.29, 1.82) is 0 Å². The van der Waals surface area contributed by atoms with Crippen molar-refractivity contribution in [2.24, 2.45) is 16.3 Å². The summed E-state index contributed by atoms with van der Waals surface area (Å²) < 4.78 is 24.0.